The Morgan fingerprint density at radius 2 is 2.06 bits per heavy atom. The van der Waals surface area contributed by atoms with Gasteiger partial charge in [0.1, 0.15) is 0 Å². The lowest BCUT2D eigenvalue weighted by molar-refractivity contribution is -0.132. The van der Waals surface area contributed by atoms with Gasteiger partial charge in [0, 0.05) is 20.0 Å². The van der Waals surface area contributed by atoms with Crippen LogP contribution in [-0.4, -0.2) is 23.9 Å². The molecule has 17 heavy (non-hydrogen) atoms. The van der Waals surface area contributed by atoms with Crippen LogP contribution in [0.25, 0.3) is 0 Å². The third-order valence-corrected chi connectivity index (χ3v) is 3.70. The van der Waals surface area contributed by atoms with Crippen molar-refractivity contribution in [2.45, 2.75) is 33.1 Å². The number of hydrogen-bond acceptors (Lipinski definition) is 1. The van der Waals surface area contributed by atoms with Gasteiger partial charge in [-0.1, -0.05) is 37.3 Å². The van der Waals surface area contributed by atoms with E-state index in [0.29, 0.717) is 0 Å². The number of benzene rings is 1. The minimum absolute atomic E-state index is 0.212. The first-order valence-electron chi connectivity index (χ1n) is 6.39. The number of carbonyl (C=O) groups excluding carboxylic acids is 1. The molecule has 0 spiro atoms. The van der Waals surface area contributed by atoms with Gasteiger partial charge in [0.2, 0.25) is 5.91 Å². The summed E-state index contributed by atoms with van der Waals surface area (Å²) in [7, 11) is 0. The minimum Gasteiger partial charge on any atom is -0.342 e. The summed E-state index contributed by atoms with van der Waals surface area (Å²) in [5.41, 5.74) is 1.62. The van der Waals surface area contributed by atoms with Crippen molar-refractivity contribution in [3.8, 4) is 0 Å². The van der Waals surface area contributed by atoms with Crippen molar-refractivity contribution in [1.82, 2.24) is 4.90 Å². The van der Waals surface area contributed by atoms with Crippen LogP contribution in [0, 0.1) is 5.41 Å². The molecule has 1 fully saturated rings. The van der Waals surface area contributed by atoms with Crippen LogP contribution >= 0.6 is 0 Å². The lowest BCUT2D eigenvalue weighted by Gasteiger charge is -2.40. The Bertz CT molecular complexity index is 387. The summed E-state index contributed by atoms with van der Waals surface area (Å²) < 4.78 is 0. The molecule has 0 radical (unpaired) electrons. The molecule has 0 aromatic heterocycles. The summed E-state index contributed by atoms with van der Waals surface area (Å²) in [6.07, 6.45) is 3.41. The number of amides is 1. The highest BCUT2D eigenvalue weighted by molar-refractivity contribution is 5.73. The van der Waals surface area contributed by atoms with E-state index in [4.69, 9.17) is 0 Å². The van der Waals surface area contributed by atoms with Crippen molar-refractivity contribution < 1.29 is 4.79 Å². The number of hydrogen-bond donors (Lipinski definition) is 0. The molecule has 1 saturated heterocycles. The third kappa shape index (κ3) is 3.09. The molecule has 1 atom stereocenters. The molecule has 1 amide bonds. The molecule has 2 rings (SSSR count). The highest BCUT2D eigenvalue weighted by Gasteiger charge is 2.31. The zero-order chi connectivity index (χ0) is 12.3. The molecule has 92 valence electrons. The summed E-state index contributed by atoms with van der Waals surface area (Å²) in [6, 6.07) is 10.6. The van der Waals surface area contributed by atoms with Crippen molar-refractivity contribution in [1.29, 1.82) is 0 Å². The molecule has 0 bridgehead atoms. The van der Waals surface area contributed by atoms with Gasteiger partial charge < -0.3 is 4.90 Å². The Labute approximate surface area is 104 Å². The van der Waals surface area contributed by atoms with Gasteiger partial charge in [0.05, 0.1) is 0 Å². The summed E-state index contributed by atoms with van der Waals surface area (Å²) in [5, 5.41) is 0. The maximum absolute atomic E-state index is 11.5. The Hall–Kier alpha value is -1.31. The van der Waals surface area contributed by atoms with Crippen LogP contribution in [0.4, 0.5) is 0 Å². The Morgan fingerprint density at radius 1 is 1.35 bits per heavy atom. The van der Waals surface area contributed by atoms with Gasteiger partial charge >= 0.3 is 0 Å². The fraction of sp³-hybridized carbons (Fsp3) is 0.533. The molecule has 0 aliphatic carbocycles. The number of piperidine rings is 1. The Balaban J connectivity index is 2.06. The van der Waals surface area contributed by atoms with E-state index in [0.717, 1.165) is 25.9 Å². The van der Waals surface area contributed by atoms with Crippen molar-refractivity contribution in [3.63, 3.8) is 0 Å². The molecule has 2 heteroatoms. The average molecular weight is 231 g/mol. The van der Waals surface area contributed by atoms with E-state index in [-0.39, 0.29) is 11.3 Å². The fourth-order valence-electron chi connectivity index (χ4n) is 2.82. The van der Waals surface area contributed by atoms with Crippen molar-refractivity contribution in [2.75, 3.05) is 13.1 Å². The van der Waals surface area contributed by atoms with E-state index in [2.05, 4.69) is 37.3 Å². The highest BCUT2D eigenvalue weighted by Crippen LogP contribution is 2.33. The van der Waals surface area contributed by atoms with Crippen molar-refractivity contribution in [3.05, 3.63) is 35.9 Å². The Kier molecular flexibility index (Phi) is 3.51. The quantitative estimate of drug-likeness (QED) is 0.766. The molecule has 1 heterocycles. The van der Waals surface area contributed by atoms with Gasteiger partial charge in [0.25, 0.3) is 0 Å². The first-order valence-corrected chi connectivity index (χ1v) is 6.39. The molecule has 0 saturated carbocycles. The van der Waals surface area contributed by atoms with Gasteiger partial charge in [-0.2, -0.15) is 0 Å². The minimum atomic E-state index is 0.212. The van der Waals surface area contributed by atoms with Gasteiger partial charge in [-0.3, -0.25) is 4.79 Å². The van der Waals surface area contributed by atoms with E-state index in [1.54, 1.807) is 6.92 Å². The predicted molar refractivity (Wildman–Crippen MR) is 69.7 cm³/mol. The van der Waals surface area contributed by atoms with E-state index >= 15 is 0 Å². The SMILES string of the molecule is CC(=O)N1CCCC(C)(Cc2ccccc2)C1. The number of rotatable bonds is 2. The monoisotopic (exact) mass is 231 g/mol. The van der Waals surface area contributed by atoms with Crippen LogP contribution in [0.15, 0.2) is 30.3 Å². The topological polar surface area (TPSA) is 20.3 Å². The van der Waals surface area contributed by atoms with Crippen LogP contribution in [0.3, 0.4) is 0 Å². The first-order chi connectivity index (χ1) is 8.09. The largest absolute Gasteiger partial charge is 0.342 e. The summed E-state index contributed by atoms with van der Waals surface area (Å²) >= 11 is 0. The molecule has 1 unspecified atom stereocenters. The van der Waals surface area contributed by atoms with E-state index in [1.165, 1.54) is 12.0 Å². The maximum Gasteiger partial charge on any atom is 0.219 e. The van der Waals surface area contributed by atoms with Gasteiger partial charge in [-0.15, -0.1) is 0 Å². The second kappa shape index (κ2) is 4.91. The normalized spacial score (nSPS) is 24.7. The molecule has 1 aromatic rings. The van der Waals surface area contributed by atoms with Crippen LogP contribution in [0.2, 0.25) is 0 Å². The third-order valence-electron chi connectivity index (χ3n) is 3.70. The zero-order valence-corrected chi connectivity index (χ0v) is 10.8. The van der Waals surface area contributed by atoms with Crippen LogP contribution in [-0.2, 0) is 11.2 Å². The predicted octanol–water partition coefficient (Wildman–Crippen LogP) is 2.88. The van der Waals surface area contributed by atoms with E-state index in [9.17, 15) is 4.79 Å². The molecule has 1 aliphatic rings. The van der Waals surface area contributed by atoms with Gasteiger partial charge in [-0.05, 0) is 30.2 Å². The lowest BCUT2D eigenvalue weighted by atomic mass is 9.77. The second-order valence-corrected chi connectivity index (χ2v) is 5.52. The standard InChI is InChI=1S/C15H21NO/c1-13(17)16-10-6-9-15(2,12-16)11-14-7-4-3-5-8-14/h3-5,7-8H,6,9-12H2,1-2H3. The number of carbonyl (C=O) groups is 1. The molecular weight excluding hydrogens is 210 g/mol. The molecule has 1 aliphatic heterocycles. The van der Waals surface area contributed by atoms with Crippen LogP contribution < -0.4 is 0 Å². The second-order valence-electron chi connectivity index (χ2n) is 5.52. The highest BCUT2D eigenvalue weighted by atomic mass is 16.2. The van der Waals surface area contributed by atoms with Crippen molar-refractivity contribution >= 4 is 5.91 Å². The summed E-state index contributed by atoms with van der Waals surface area (Å²) in [5.74, 6) is 0.212. The van der Waals surface area contributed by atoms with Crippen LogP contribution in [0.1, 0.15) is 32.3 Å². The summed E-state index contributed by atoms with van der Waals surface area (Å²) in [4.78, 5) is 13.5. The zero-order valence-electron chi connectivity index (χ0n) is 10.8. The van der Waals surface area contributed by atoms with E-state index in [1.807, 2.05) is 4.90 Å². The summed E-state index contributed by atoms with van der Waals surface area (Å²) in [6.45, 7) is 5.81. The van der Waals surface area contributed by atoms with Gasteiger partial charge in [-0.25, -0.2) is 0 Å². The lowest BCUT2D eigenvalue weighted by Crippen LogP contribution is -2.44. The van der Waals surface area contributed by atoms with E-state index < -0.39 is 0 Å². The number of likely N-dealkylation sites (tertiary alicyclic amines) is 1. The fourth-order valence-corrected chi connectivity index (χ4v) is 2.82. The maximum atomic E-state index is 11.5. The molecular formula is C15H21NO. The Morgan fingerprint density at radius 3 is 2.71 bits per heavy atom. The molecule has 2 nitrogen and oxygen atoms in total. The smallest absolute Gasteiger partial charge is 0.219 e. The van der Waals surface area contributed by atoms with Crippen LogP contribution in [0.5, 0.6) is 0 Å². The van der Waals surface area contributed by atoms with Gasteiger partial charge in [0.15, 0.2) is 0 Å². The molecule has 0 N–H and O–H groups in total. The number of nitrogens with zero attached hydrogens (tertiary/aromatic N) is 1. The average Bonchev–Trinajstić information content (AvgIpc) is 2.29. The van der Waals surface area contributed by atoms with Crippen molar-refractivity contribution in [2.24, 2.45) is 5.41 Å². The molecule has 1 aromatic carbocycles. The first kappa shape index (κ1) is 12.2.